The van der Waals surface area contributed by atoms with E-state index in [9.17, 15) is 4.79 Å². The second-order valence-electron chi connectivity index (χ2n) is 5.36. The van der Waals surface area contributed by atoms with Gasteiger partial charge in [-0.15, -0.1) is 0 Å². The van der Waals surface area contributed by atoms with E-state index in [0.29, 0.717) is 0 Å². The Hall–Kier alpha value is -2.37. The van der Waals surface area contributed by atoms with Gasteiger partial charge in [-0.1, -0.05) is 74.9 Å². The molecule has 4 aromatic carbocycles. The molecule has 4 rings (SSSR count). The van der Waals surface area contributed by atoms with Crippen molar-refractivity contribution in [3.63, 3.8) is 0 Å². The maximum Gasteiger partial charge on any atom is 0.142 e. The molecular weight excluding hydrogens is 287 g/mol. The van der Waals surface area contributed by atoms with E-state index in [1.165, 1.54) is 37.6 Å². The van der Waals surface area contributed by atoms with Gasteiger partial charge in [-0.25, -0.2) is 0 Å². The lowest BCUT2D eigenvalue weighted by Crippen LogP contribution is -1.96. The molecule has 0 aromatic heterocycles. The molecule has 0 heterocycles. The van der Waals surface area contributed by atoms with E-state index < -0.39 is 0 Å². The predicted molar refractivity (Wildman–Crippen MR) is 100 cm³/mol. The van der Waals surface area contributed by atoms with E-state index in [1.807, 2.05) is 0 Å². The lowest BCUT2D eigenvalue weighted by atomic mass is 9.94. The van der Waals surface area contributed by atoms with E-state index in [1.54, 1.807) is 5.80 Å². The fourth-order valence-corrected chi connectivity index (χ4v) is 4.25. The highest BCUT2D eigenvalue weighted by Gasteiger charge is 2.09. The maximum absolute atomic E-state index is 10.8. The van der Waals surface area contributed by atoms with Crippen molar-refractivity contribution >= 4 is 57.9 Å². The van der Waals surface area contributed by atoms with Crippen molar-refractivity contribution in [2.45, 2.75) is 0 Å². The van der Waals surface area contributed by atoms with Crippen LogP contribution in [0.1, 0.15) is 0 Å². The Labute approximate surface area is 130 Å². The molecule has 22 heavy (non-hydrogen) atoms. The number of aldehydes is 1. The highest BCUT2D eigenvalue weighted by molar-refractivity contribution is 7.49. The first-order chi connectivity index (χ1) is 10.9. The predicted octanol–water partition coefficient (Wildman–Crippen LogP) is 4.18. The maximum atomic E-state index is 10.8. The van der Waals surface area contributed by atoms with Gasteiger partial charge in [-0.05, 0) is 43.4 Å². The van der Waals surface area contributed by atoms with Crippen molar-refractivity contribution < 1.29 is 4.79 Å². The molecule has 1 nitrogen and oxygen atoms in total. The zero-order chi connectivity index (χ0) is 14.9. The molecule has 0 bridgehead atoms. The van der Waals surface area contributed by atoms with Crippen LogP contribution in [0.3, 0.4) is 0 Å². The highest BCUT2D eigenvalue weighted by atomic mass is 31.1. The number of rotatable bonds is 2. The van der Waals surface area contributed by atoms with E-state index >= 15 is 0 Å². The molecule has 0 spiro atoms. The number of fused-ring (bicyclic) bond motifs is 6. The van der Waals surface area contributed by atoms with Crippen LogP contribution in [0.4, 0.5) is 0 Å². The summed E-state index contributed by atoms with van der Waals surface area (Å²) >= 11 is 0. The average molecular weight is 302 g/mol. The minimum Gasteiger partial charge on any atom is -0.299 e. The molecule has 0 saturated heterocycles. The van der Waals surface area contributed by atoms with Crippen LogP contribution in [0.2, 0.25) is 0 Å². The molecule has 2 heteroatoms. The van der Waals surface area contributed by atoms with Crippen LogP contribution >= 0.6 is 8.20 Å². The van der Waals surface area contributed by atoms with Crippen LogP contribution in [-0.4, -0.2) is 12.1 Å². The van der Waals surface area contributed by atoms with Crippen LogP contribution in [0, 0.1) is 0 Å². The molecule has 0 saturated carbocycles. The quantitative estimate of drug-likeness (QED) is 0.308. The minimum absolute atomic E-state index is 0.141. The van der Waals surface area contributed by atoms with Crippen LogP contribution in [-0.2, 0) is 4.79 Å². The van der Waals surface area contributed by atoms with Crippen LogP contribution in [0.25, 0.3) is 32.3 Å². The zero-order valence-corrected chi connectivity index (χ0v) is 13.1. The molecule has 0 aliphatic carbocycles. The van der Waals surface area contributed by atoms with Gasteiger partial charge < -0.3 is 0 Å². The average Bonchev–Trinajstić information content (AvgIpc) is 2.60. The van der Waals surface area contributed by atoms with Gasteiger partial charge >= 0.3 is 0 Å². The van der Waals surface area contributed by atoms with Crippen molar-refractivity contribution in [2.24, 2.45) is 0 Å². The summed E-state index contributed by atoms with van der Waals surface area (Å²) in [6.07, 6.45) is 0.914. The van der Waals surface area contributed by atoms with Gasteiger partial charge in [0, 0.05) is 0 Å². The Morgan fingerprint density at radius 3 is 1.73 bits per heavy atom. The van der Waals surface area contributed by atoms with Crippen molar-refractivity contribution in [1.82, 2.24) is 0 Å². The van der Waals surface area contributed by atoms with E-state index in [4.69, 9.17) is 0 Å². The molecule has 0 N–H and O–H groups in total. The van der Waals surface area contributed by atoms with E-state index in [0.717, 1.165) is 6.29 Å². The fourth-order valence-electron chi connectivity index (χ4n) is 3.27. The largest absolute Gasteiger partial charge is 0.299 e. The first-order valence-corrected chi connectivity index (χ1v) is 8.58. The van der Waals surface area contributed by atoms with Crippen LogP contribution < -0.4 is 5.30 Å². The van der Waals surface area contributed by atoms with Gasteiger partial charge in [0.25, 0.3) is 0 Å². The zero-order valence-electron chi connectivity index (χ0n) is 12.0. The summed E-state index contributed by atoms with van der Waals surface area (Å²) in [4.78, 5) is 10.8. The van der Waals surface area contributed by atoms with Crippen molar-refractivity contribution in [3.8, 4) is 0 Å². The molecule has 106 valence electrons. The van der Waals surface area contributed by atoms with Gasteiger partial charge in [-0.2, -0.15) is 0 Å². The second-order valence-corrected chi connectivity index (χ2v) is 6.70. The van der Waals surface area contributed by atoms with Crippen molar-refractivity contribution in [1.29, 1.82) is 0 Å². The summed E-state index contributed by atoms with van der Waals surface area (Å²) in [5.74, 6) is 1.76. The number of carbonyl (C=O) groups excluding carboxylic acids is 1. The lowest BCUT2D eigenvalue weighted by Gasteiger charge is -2.12. The number of carbonyl (C=O) groups is 1. The van der Waals surface area contributed by atoms with E-state index in [2.05, 4.69) is 66.7 Å². The number of hydrogen-bond donors (Lipinski definition) is 0. The Morgan fingerprint density at radius 2 is 1.14 bits per heavy atom. The third-order valence-electron chi connectivity index (χ3n) is 4.15. The lowest BCUT2D eigenvalue weighted by molar-refractivity contribution is -0.102. The smallest absolute Gasteiger partial charge is 0.142 e. The standard InChI is InChI=1S/C20H15OP/c21-12-13-22-19-11-5-10-18-16-7-2-1-6-14(16)15-8-3-4-9-17(15)20(18)19/h1-13H,22H2. The first-order valence-electron chi connectivity index (χ1n) is 7.34. The Morgan fingerprint density at radius 1 is 0.636 bits per heavy atom. The van der Waals surface area contributed by atoms with Crippen molar-refractivity contribution in [3.05, 3.63) is 66.7 Å². The first kappa shape index (κ1) is 13.3. The Balaban J connectivity index is 2.32. The normalized spacial score (nSPS) is 12.0. The Kier molecular flexibility index (Phi) is 3.29. The van der Waals surface area contributed by atoms with Crippen LogP contribution in [0.5, 0.6) is 0 Å². The third kappa shape index (κ3) is 1.98. The van der Waals surface area contributed by atoms with Crippen LogP contribution in [0.15, 0.2) is 66.7 Å². The number of benzene rings is 4. The van der Waals surface area contributed by atoms with Crippen molar-refractivity contribution in [2.75, 3.05) is 0 Å². The molecule has 0 radical (unpaired) electrons. The summed E-state index contributed by atoms with van der Waals surface area (Å²) in [7, 11) is -0.141. The molecule has 4 aromatic rings. The molecule has 1 atom stereocenters. The molecule has 1 unspecified atom stereocenters. The van der Waals surface area contributed by atoms with Gasteiger partial charge in [0.05, 0.1) is 0 Å². The van der Waals surface area contributed by atoms with Gasteiger partial charge in [0.15, 0.2) is 0 Å². The summed E-state index contributed by atoms with van der Waals surface area (Å²) in [6.45, 7) is 0. The minimum atomic E-state index is -0.141. The topological polar surface area (TPSA) is 17.1 Å². The second kappa shape index (κ2) is 5.44. The SMILES string of the molecule is O=C/C=[PH2]/c1cccc2c3ccccc3c3ccccc3c12. The summed E-state index contributed by atoms with van der Waals surface area (Å²) in [5.41, 5.74) is 0. The van der Waals surface area contributed by atoms with Gasteiger partial charge in [0.2, 0.25) is 0 Å². The third-order valence-corrected chi connectivity index (χ3v) is 5.34. The van der Waals surface area contributed by atoms with E-state index in [-0.39, 0.29) is 8.20 Å². The van der Waals surface area contributed by atoms with Gasteiger partial charge in [0.1, 0.15) is 6.29 Å². The molecule has 0 amide bonds. The molecule has 0 fully saturated rings. The highest BCUT2D eigenvalue weighted by Crippen LogP contribution is 2.34. The summed E-state index contributed by atoms with van der Waals surface area (Å²) in [5, 5.41) is 8.98. The fraction of sp³-hybridized carbons (Fsp3) is 0. The monoisotopic (exact) mass is 302 g/mol. The summed E-state index contributed by atoms with van der Waals surface area (Å²) in [6, 6.07) is 23.6. The molecule has 0 aliphatic rings. The molecule has 0 aliphatic heterocycles. The summed E-state index contributed by atoms with van der Waals surface area (Å²) < 4.78 is 0. The Bertz CT molecular complexity index is 1000. The van der Waals surface area contributed by atoms with Gasteiger partial charge in [-0.3, -0.25) is 4.79 Å². The number of hydrogen-bond acceptors (Lipinski definition) is 1. The molecular formula is C20H15OP.